The number of hydrogen-bond donors (Lipinski definition) is 1. The zero-order chi connectivity index (χ0) is 18.4. The molecule has 3 aromatic carbocycles. The number of phenols is 1. The van der Waals surface area contributed by atoms with Gasteiger partial charge in [-0.1, -0.05) is 66.7 Å². The Morgan fingerprint density at radius 3 is 2.12 bits per heavy atom. The van der Waals surface area contributed by atoms with Crippen molar-refractivity contribution in [3.63, 3.8) is 0 Å². The van der Waals surface area contributed by atoms with E-state index >= 15 is 0 Å². The number of Topliss-reactive ketones (excluding diaryl/α,β-unsaturated/α-hetero) is 2. The van der Waals surface area contributed by atoms with Gasteiger partial charge in [-0.3, -0.25) is 9.59 Å². The summed E-state index contributed by atoms with van der Waals surface area (Å²) in [7, 11) is 0. The molecule has 4 heteroatoms. The first kappa shape index (κ1) is 17.4. The van der Waals surface area contributed by atoms with Crippen LogP contribution in [0.25, 0.3) is 0 Å². The predicted octanol–water partition coefficient (Wildman–Crippen LogP) is 4.43. The Bertz CT molecular complexity index is 902. The van der Waals surface area contributed by atoms with Crippen LogP contribution in [0, 0.1) is 0 Å². The molecule has 0 aliphatic heterocycles. The molecule has 0 amide bonds. The zero-order valence-electron chi connectivity index (χ0n) is 14.1. The lowest BCUT2D eigenvalue weighted by Crippen LogP contribution is -2.10. The summed E-state index contributed by atoms with van der Waals surface area (Å²) in [6, 6.07) is 22.7. The maximum Gasteiger partial charge on any atom is 0.178 e. The second kappa shape index (κ2) is 8.12. The molecule has 0 aliphatic rings. The Morgan fingerprint density at radius 2 is 1.42 bits per heavy atom. The third-order valence-electron chi connectivity index (χ3n) is 3.94. The summed E-state index contributed by atoms with van der Waals surface area (Å²) in [6.07, 6.45) is -0.330. The Labute approximate surface area is 151 Å². The maximum absolute atomic E-state index is 12.6. The fraction of sp³-hybridized carbons (Fsp3) is 0.0909. The van der Waals surface area contributed by atoms with Gasteiger partial charge >= 0.3 is 0 Å². The Balaban J connectivity index is 1.78. The number of aromatic hydroxyl groups is 1. The lowest BCUT2D eigenvalue weighted by Gasteiger charge is -2.12. The highest BCUT2D eigenvalue weighted by molar-refractivity contribution is 6.15. The van der Waals surface area contributed by atoms with Crippen molar-refractivity contribution in [2.45, 2.75) is 13.0 Å². The number of rotatable bonds is 7. The Kier molecular flexibility index (Phi) is 5.44. The SMILES string of the molecule is O=C(CC(=O)c1c(O)cccc1OCc1ccccc1)c1ccccc1. The van der Waals surface area contributed by atoms with Gasteiger partial charge in [-0.25, -0.2) is 0 Å². The molecule has 0 spiro atoms. The van der Waals surface area contributed by atoms with Crippen molar-refractivity contribution in [3.05, 3.63) is 95.6 Å². The number of hydrogen-bond acceptors (Lipinski definition) is 4. The van der Waals surface area contributed by atoms with Crippen molar-refractivity contribution < 1.29 is 19.4 Å². The molecule has 0 heterocycles. The van der Waals surface area contributed by atoms with E-state index in [-0.39, 0.29) is 35.9 Å². The topological polar surface area (TPSA) is 63.6 Å². The number of benzene rings is 3. The van der Waals surface area contributed by atoms with E-state index in [9.17, 15) is 14.7 Å². The van der Waals surface area contributed by atoms with E-state index in [2.05, 4.69) is 0 Å². The van der Waals surface area contributed by atoms with Crippen LogP contribution in [0.1, 0.15) is 32.7 Å². The molecule has 4 nitrogen and oxygen atoms in total. The summed E-state index contributed by atoms with van der Waals surface area (Å²) in [5.74, 6) is -0.700. The molecule has 130 valence electrons. The summed E-state index contributed by atoms with van der Waals surface area (Å²) in [4.78, 5) is 24.9. The molecule has 0 unspecified atom stereocenters. The normalized spacial score (nSPS) is 10.3. The summed E-state index contributed by atoms with van der Waals surface area (Å²) >= 11 is 0. The number of carbonyl (C=O) groups excluding carboxylic acids is 2. The molecule has 1 N–H and O–H groups in total. The van der Waals surface area contributed by atoms with Crippen LogP contribution in [0.2, 0.25) is 0 Å². The minimum absolute atomic E-state index is 0.0349. The molecular weight excluding hydrogens is 328 g/mol. The minimum Gasteiger partial charge on any atom is -0.507 e. The summed E-state index contributed by atoms with van der Waals surface area (Å²) in [5.41, 5.74) is 1.44. The highest BCUT2D eigenvalue weighted by Crippen LogP contribution is 2.30. The second-order valence-corrected chi connectivity index (χ2v) is 5.81. The number of phenolic OH excluding ortho intramolecular Hbond substituents is 1. The number of ketones is 2. The van der Waals surface area contributed by atoms with Crippen molar-refractivity contribution >= 4 is 11.6 Å². The highest BCUT2D eigenvalue weighted by Gasteiger charge is 2.21. The van der Waals surface area contributed by atoms with Gasteiger partial charge in [0.05, 0.1) is 6.42 Å². The van der Waals surface area contributed by atoms with Gasteiger partial charge < -0.3 is 9.84 Å². The van der Waals surface area contributed by atoms with Gasteiger partial charge in [-0.15, -0.1) is 0 Å². The molecule has 0 bridgehead atoms. The van der Waals surface area contributed by atoms with E-state index in [1.54, 1.807) is 42.5 Å². The lowest BCUT2D eigenvalue weighted by molar-refractivity contribution is 0.0890. The van der Waals surface area contributed by atoms with E-state index in [4.69, 9.17) is 4.74 Å². The van der Waals surface area contributed by atoms with Crippen LogP contribution in [0.5, 0.6) is 11.5 Å². The standard InChI is InChI=1S/C22H18O4/c23-18-12-7-13-21(26-15-16-8-3-1-4-9-16)22(18)20(25)14-19(24)17-10-5-2-6-11-17/h1-13,23H,14-15H2. The maximum atomic E-state index is 12.6. The predicted molar refractivity (Wildman–Crippen MR) is 98.6 cm³/mol. The van der Waals surface area contributed by atoms with Crippen LogP contribution < -0.4 is 4.74 Å². The van der Waals surface area contributed by atoms with Crippen LogP contribution in [-0.2, 0) is 6.61 Å². The monoisotopic (exact) mass is 346 g/mol. The van der Waals surface area contributed by atoms with Gasteiger partial charge in [-0.2, -0.15) is 0 Å². The molecule has 0 saturated carbocycles. The fourth-order valence-corrected chi connectivity index (χ4v) is 2.62. The van der Waals surface area contributed by atoms with E-state index in [0.29, 0.717) is 5.56 Å². The van der Waals surface area contributed by atoms with Crippen molar-refractivity contribution in [3.8, 4) is 11.5 Å². The number of carbonyl (C=O) groups is 2. The van der Waals surface area contributed by atoms with Crippen molar-refractivity contribution in [1.82, 2.24) is 0 Å². The smallest absolute Gasteiger partial charge is 0.178 e. The first-order valence-electron chi connectivity index (χ1n) is 8.25. The van der Waals surface area contributed by atoms with Crippen molar-refractivity contribution in [2.24, 2.45) is 0 Å². The molecule has 0 aromatic heterocycles. The highest BCUT2D eigenvalue weighted by atomic mass is 16.5. The van der Waals surface area contributed by atoms with Crippen molar-refractivity contribution in [1.29, 1.82) is 0 Å². The Morgan fingerprint density at radius 1 is 0.769 bits per heavy atom. The number of ether oxygens (including phenoxy) is 1. The van der Waals surface area contributed by atoms with Gasteiger partial charge in [-0.05, 0) is 17.7 Å². The quantitative estimate of drug-likeness (QED) is 0.508. The molecule has 0 radical (unpaired) electrons. The molecule has 0 fully saturated rings. The first-order chi connectivity index (χ1) is 12.6. The minimum atomic E-state index is -0.472. The van der Waals surface area contributed by atoms with Gasteiger partial charge in [0.15, 0.2) is 11.6 Å². The summed E-state index contributed by atoms with van der Waals surface area (Å²) < 4.78 is 5.72. The van der Waals surface area contributed by atoms with Crippen LogP contribution in [0.4, 0.5) is 0 Å². The van der Waals surface area contributed by atoms with Gasteiger partial charge in [0.2, 0.25) is 0 Å². The Hall–Kier alpha value is -3.40. The molecular formula is C22H18O4. The first-order valence-corrected chi connectivity index (χ1v) is 8.25. The average molecular weight is 346 g/mol. The zero-order valence-corrected chi connectivity index (χ0v) is 14.1. The van der Waals surface area contributed by atoms with E-state index in [0.717, 1.165) is 5.56 Å². The third kappa shape index (κ3) is 4.16. The second-order valence-electron chi connectivity index (χ2n) is 5.81. The summed E-state index contributed by atoms with van der Waals surface area (Å²) in [6.45, 7) is 0.261. The van der Waals surface area contributed by atoms with E-state index in [1.165, 1.54) is 6.07 Å². The third-order valence-corrected chi connectivity index (χ3v) is 3.94. The van der Waals surface area contributed by atoms with Crippen LogP contribution in [0.3, 0.4) is 0 Å². The molecule has 26 heavy (non-hydrogen) atoms. The summed E-state index contributed by atoms with van der Waals surface area (Å²) in [5, 5.41) is 10.1. The molecule has 3 rings (SSSR count). The van der Waals surface area contributed by atoms with Crippen molar-refractivity contribution in [2.75, 3.05) is 0 Å². The van der Waals surface area contributed by atoms with Gasteiger partial charge in [0, 0.05) is 5.56 Å². The van der Waals surface area contributed by atoms with Crippen LogP contribution in [0.15, 0.2) is 78.9 Å². The molecule has 3 aromatic rings. The largest absolute Gasteiger partial charge is 0.507 e. The van der Waals surface area contributed by atoms with E-state index in [1.807, 2.05) is 30.3 Å². The molecule has 0 aliphatic carbocycles. The molecule has 0 saturated heterocycles. The van der Waals surface area contributed by atoms with Gasteiger partial charge in [0.1, 0.15) is 23.7 Å². The van der Waals surface area contributed by atoms with E-state index < -0.39 is 5.78 Å². The lowest BCUT2D eigenvalue weighted by atomic mass is 10.00. The fourth-order valence-electron chi connectivity index (χ4n) is 2.62. The average Bonchev–Trinajstić information content (AvgIpc) is 2.67. The van der Waals surface area contributed by atoms with Crippen LogP contribution >= 0.6 is 0 Å². The molecule has 0 atom stereocenters. The van der Waals surface area contributed by atoms with Crippen LogP contribution in [-0.4, -0.2) is 16.7 Å². The van der Waals surface area contributed by atoms with Gasteiger partial charge in [0.25, 0.3) is 0 Å².